The second-order valence-corrected chi connectivity index (χ2v) is 6.09. The van der Waals surface area contributed by atoms with Crippen molar-refractivity contribution in [1.82, 2.24) is 4.57 Å². The fourth-order valence-corrected chi connectivity index (χ4v) is 3.08. The zero-order valence-corrected chi connectivity index (χ0v) is 13.9. The molecule has 25 heavy (non-hydrogen) atoms. The molecule has 4 rings (SSSR count). The van der Waals surface area contributed by atoms with E-state index in [4.69, 9.17) is 0 Å². The summed E-state index contributed by atoms with van der Waals surface area (Å²) in [4.78, 5) is 13.0. The van der Waals surface area contributed by atoms with E-state index >= 15 is 0 Å². The monoisotopic (exact) mass is 326 g/mol. The molecule has 0 aliphatic heterocycles. The number of aromatic nitrogens is 1. The number of carbonyl (C=O) groups excluding carboxylic acids is 1. The first-order valence-corrected chi connectivity index (χ1v) is 8.26. The van der Waals surface area contributed by atoms with Gasteiger partial charge >= 0.3 is 6.03 Å². The third-order valence-electron chi connectivity index (χ3n) is 4.25. The first kappa shape index (κ1) is 15.2. The van der Waals surface area contributed by atoms with Crippen LogP contribution in [0.15, 0.2) is 84.9 Å². The quantitative estimate of drug-likeness (QED) is 0.504. The summed E-state index contributed by atoms with van der Waals surface area (Å²) >= 11 is 0. The van der Waals surface area contributed by atoms with Gasteiger partial charge in [-0.15, -0.1) is 0 Å². The standard InChI is InChI=1S/C22H18N2O/c1-16-12-13-20-18(14-16)15-21(17-8-4-2-5-9-17)24(20)22(25)23-19-10-6-3-7-11-19/h2-15H,1H3,(H,23,25). The van der Waals surface area contributed by atoms with Crippen molar-refractivity contribution >= 4 is 22.6 Å². The molecule has 0 bridgehead atoms. The van der Waals surface area contributed by atoms with Crippen molar-refractivity contribution in [2.45, 2.75) is 6.92 Å². The minimum Gasteiger partial charge on any atom is -0.307 e. The van der Waals surface area contributed by atoms with Crippen molar-refractivity contribution in [3.8, 4) is 11.3 Å². The van der Waals surface area contributed by atoms with E-state index < -0.39 is 0 Å². The number of amides is 1. The van der Waals surface area contributed by atoms with E-state index in [1.807, 2.05) is 72.8 Å². The van der Waals surface area contributed by atoms with Crippen LogP contribution in [0.5, 0.6) is 0 Å². The van der Waals surface area contributed by atoms with Gasteiger partial charge in [0.05, 0.1) is 11.2 Å². The van der Waals surface area contributed by atoms with E-state index in [1.54, 1.807) is 4.57 Å². The molecule has 1 amide bonds. The molecule has 0 unspecified atom stereocenters. The molecule has 3 nitrogen and oxygen atoms in total. The van der Waals surface area contributed by atoms with Crippen LogP contribution in [0, 0.1) is 6.92 Å². The normalized spacial score (nSPS) is 10.8. The molecule has 1 N–H and O–H groups in total. The molecule has 4 aromatic rings. The van der Waals surface area contributed by atoms with Crippen molar-refractivity contribution in [2.24, 2.45) is 0 Å². The van der Waals surface area contributed by atoms with E-state index in [0.717, 1.165) is 27.8 Å². The highest BCUT2D eigenvalue weighted by Gasteiger charge is 2.16. The molecule has 0 fully saturated rings. The van der Waals surface area contributed by atoms with Crippen LogP contribution in [0.2, 0.25) is 0 Å². The predicted molar refractivity (Wildman–Crippen MR) is 103 cm³/mol. The van der Waals surface area contributed by atoms with Gasteiger partial charge in [-0.3, -0.25) is 4.57 Å². The Balaban J connectivity index is 1.87. The van der Waals surface area contributed by atoms with Crippen LogP contribution in [0.1, 0.15) is 5.56 Å². The molecule has 3 heteroatoms. The van der Waals surface area contributed by atoms with E-state index in [-0.39, 0.29) is 6.03 Å². The number of hydrogen-bond donors (Lipinski definition) is 1. The van der Waals surface area contributed by atoms with Crippen LogP contribution >= 0.6 is 0 Å². The Morgan fingerprint density at radius 2 is 1.52 bits per heavy atom. The Labute approximate surface area is 146 Å². The fourth-order valence-electron chi connectivity index (χ4n) is 3.08. The lowest BCUT2D eigenvalue weighted by Gasteiger charge is -2.11. The third-order valence-corrected chi connectivity index (χ3v) is 4.25. The second kappa shape index (κ2) is 6.29. The number of aryl methyl sites for hydroxylation is 1. The van der Waals surface area contributed by atoms with Crippen LogP contribution in [-0.4, -0.2) is 10.6 Å². The molecule has 0 atom stereocenters. The number of para-hydroxylation sites is 1. The van der Waals surface area contributed by atoms with Gasteiger partial charge < -0.3 is 5.32 Å². The molecular weight excluding hydrogens is 308 g/mol. The van der Waals surface area contributed by atoms with Gasteiger partial charge in [-0.25, -0.2) is 4.79 Å². The largest absolute Gasteiger partial charge is 0.330 e. The number of benzene rings is 3. The summed E-state index contributed by atoms with van der Waals surface area (Å²) in [7, 11) is 0. The predicted octanol–water partition coefficient (Wildman–Crippen LogP) is 5.70. The van der Waals surface area contributed by atoms with Gasteiger partial charge in [-0.2, -0.15) is 0 Å². The summed E-state index contributed by atoms with van der Waals surface area (Å²) in [6, 6.07) is 27.5. The van der Waals surface area contributed by atoms with E-state index in [1.165, 1.54) is 5.56 Å². The van der Waals surface area contributed by atoms with Gasteiger partial charge in [0, 0.05) is 11.1 Å². The highest BCUT2D eigenvalue weighted by molar-refractivity contribution is 6.03. The van der Waals surface area contributed by atoms with E-state index in [2.05, 4.69) is 24.4 Å². The molecule has 0 radical (unpaired) electrons. The average Bonchev–Trinajstić information content (AvgIpc) is 3.02. The molecule has 0 aliphatic carbocycles. The summed E-state index contributed by atoms with van der Waals surface area (Å²) in [6.07, 6.45) is 0. The minimum atomic E-state index is -0.163. The van der Waals surface area contributed by atoms with E-state index in [0.29, 0.717) is 0 Å². The smallest absolute Gasteiger partial charge is 0.307 e. The zero-order chi connectivity index (χ0) is 17.2. The summed E-state index contributed by atoms with van der Waals surface area (Å²) in [5.74, 6) is 0. The number of nitrogens with zero attached hydrogens (tertiary/aromatic N) is 1. The van der Waals surface area contributed by atoms with Gasteiger partial charge in [0.25, 0.3) is 0 Å². The molecule has 0 saturated carbocycles. The van der Waals surface area contributed by atoms with Crippen molar-refractivity contribution < 1.29 is 4.79 Å². The summed E-state index contributed by atoms with van der Waals surface area (Å²) in [5, 5.41) is 4.04. The van der Waals surface area contributed by atoms with Crippen molar-refractivity contribution in [1.29, 1.82) is 0 Å². The number of fused-ring (bicyclic) bond motifs is 1. The highest BCUT2D eigenvalue weighted by atomic mass is 16.2. The first-order chi connectivity index (χ1) is 12.2. The maximum absolute atomic E-state index is 13.0. The molecule has 0 aliphatic rings. The Hall–Kier alpha value is -3.33. The molecular formula is C22H18N2O. The Kier molecular flexibility index (Phi) is 3.82. The lowest BCUT2D eigenvalue weighted by atomic mass is 10.1. The third kappa shape index (κ3) is 2.92. The SMILES string of the molecule is Cc1ccc2c(c1)cc(-c1ccccc1)n2C(=O)Nc1ccccc1. The van der Waals surface area contributed by atoms with Crippen molar-refractivity contribution in [2.75, 3.05) is 5.32 Å². The molecule has 0 saturated heterocycles. The fraction of sp³-hybridized carbons (Fsp3) is 0.0455. The molecule has 122 valence electrons. The van der Waals surface area contributed by atoms with Crippen LogP contribution in [0.4, 0.5) is 10.5 Å². The number of carbonyl (C=O) groups is 1. The summed E-state index contributed by atoms with van der Waals surface area (Å²) < 4.78 is 1.75. The topological polar surface area (TPSA) is 34.0 Å². The van der Waals surface area contributed by atoms with Gasteiger partial charge in [-0.1, -0.05) is 60.2 Å². The summed E-state index contributed by atoms with van der Waals surface area (Å²) in [6.45, 7) is 2.06. The molecule has 1 aromatic heterocycles. The van der Waals surface area contributed by atoms with Gasteiger partial charge in [0.1, 0.15) is 0 Å². The number of nitrogens with one attached hydrogen (secondary N) is 1. The second-order valence-electron chi connectivity index (χ2n) is 6.09. The lowest BCUT2D eigenvalue weighted by molar-refractivity contribution is 0.254. The van der Waals surface area contributed by atoms with Crippen molar-refractivity contribution in [3.63, 3.8) is 0 Å². The Bertz CT molecular complexity index is 1030. The molecule has 0 spiro atoms. The molecule has 3 aromatic carbocycles. The number of hydrogen-bond acceptors (Lipinski definition) is 1. The minimum absolute atomic E-state index is 0.163. The maximum Gasteiger partial charge on any atom is 0.330 e. The van der Waals surface area contributed by atoms with Crippen LogP contribution in [0.25, 0.3) is 22.2 Å². The van der Waals surface area contributed by atoms with Crippen LogP contribution in [-0.2, 0) is 0 Å². The van der Waals surface area contributed by atoms with E-state index in [9.17, 15) is 4.79 Å². The summed E-state index contributed by atoms with van der Waals surface area (Å²) in [5.41, 5.74) is 4.75. The zero-order valence-electron chi connectivity index (χ0n) is 13.9. The van der Waals surface area contributed by atoms with Gasteiger partial charge in [0.2, 0.25) is 0 Å². The Morgan fingerprint density at radius 1 is 0.840 bits per heavy atom. The van der Waals surface area contributed by atoms with Crippen LogP contribution < -0.4 is 5.32 Å². The first-order valence-electron chi connectivity index (χ1n) is 8.26. The highest BCUT2D eigenvalue weighted by Crippen LogP contribution is 2.29. The maximum atomic E-state index is 13.0. The molecule has 1 heterocycles. The Morgan fingerprint density at radius 3 is 2.24 bits per heavy atom. The average molecular weight is 326 g/mol. The lowest BCUT2D eigenvalue weighted by Crippen LogP contribution is -2.20. The number of anilines is 1. The van der Waals surface area contributed by atoms with Gasteiger partial charge in [0.15, 0.2) is 0 Å². The number of rotatable bonds is 2. The van der Waals surface area contributed by atoms with Crippen LogP contribution in [0.3, 0.4) is 0 Å². The van der Waals surface area contributed by atoms with Crippen molar-refractivity contribution in [3.05, 3.63) is 90.5 Å². The van der Waals surface area contributed by atoms with Gasteiger partial charge in [-0.05, 0) is 42.8 Å².